The van der Waals surface area contributed by atoms with Crippen LogP contribution in [0, 0.1) is 0 Å². The Kier molecular flexibility index (Phi) is 7.54. The molecular formula is C13H22N2O2. The predicted molar refractivity (Wildman–Crippen MR) is 67.9 cm³/mol. The number of nitrogens with zero attached hydrogens (tertiary/aromatic N) is 1. The summed E-state index contributed by atoms with van der Waals surface area (Å²) < 4.78 is 10.8. The maximum atomic E-state index is 5.42. The number of pyridine rings is 1. The maximum absolute atomic E-state index is 5.42. The van der Waals surface area contributed by atoms with Gasteiger partial charge in [0.2, 0.25) is 0 Å². The van der Waals surface area contributed by atoms with E-state index in [1.54, 1.807) is 6.20 Å². The summed E-state index contributed by atoms with van der Waals surface area (Å²) in [6.45, 7) is 7.76. The molecule has 1 heterocycles. The molecule has 1 aromatic heterocycles. The summed E-state index contributed by atoms with van der Waals surface area (Å²) in [5.41, 5.74) is 1.19. The first kappa shape index (κ1) is 14.1. The monoisotopic (exact) mass is 238 g/mol. The zero-order valence-electron chi connectivity index (χ0n) is 10.7. The Morgan fingerprint density at radius 2 is 2.18 bits per heavy atom. The lowest BCUT2D eigenvalue weighted by molar-refractivity contribution is 0.0204. The van der Waals surface area contributed by atoms with E-state index >= 15 is 0 Å². The van der Waals surface area contributed by atoms with Crippen LogP contribution in [0.1, 0.15) is 19.4 Å². The average Bonchev–Trinajstić information content (AvgIpc) is 2.33. The number of hydrogen-bond donors (Lipinski definition) is 1. The van der Waals surface area contributed by atoms with Crippen LogP contribution in [0.5, 0.6) is 0 Å². The third kappa shape index (κ3) is 7.85. The molecule has 0 aliphatic heterocycles. The molecule has 0 bridgehead atoms. The Morgan fingerprint density at radius 3 is 2.88 bits per heavy atom. The fourth-order valence-corrected chi connectivity index (χ4v) is 1.32. The summed E-state index contributed by atoms with van der Waals surface area (Å²) in [5.74, 6) is 0. The largest absolute Gasteiger partial charge is 0.378 e. The molecule has 1 aromatic rings. The third-order valence-corrected chi connectivity index (χ3v) is 2.15. The third-order valence-electron chi connectivity index (χ3n) is 2.15. The number of rotatable bonds is 9. The molecule has 0 saturated carbocycles. The summed E-state index contributed by atoms with van der Waals surface area (Å²) in [4.78, 5) is 4.05. The van der Waals surface area contributed by atoms with Crippen LogP contribution in [0.4, 0.5) is 0 Å². The molecule has 96 valence electrons. The van der Waals surface area contributed by atoms with Crippen LogP contribution in [0.25, 0.3) is 0 Å². The van der Waals surface area contributed by atoms with Gasteiger partial charge in [0.15, 0.2) is 0 Å². The van der Waals surface area contributed by atoms with Crippen LogP contribution >= 0.6 is 0 Å². The predicted octanol–water partition coefficient (Wildman–Crippen LogP) is 1.61. The molecule has 0 spiro atoms. The SMILES string of the molecule is CC(C)OCCOCCNCc1cccnc1. The summed E-state index contributed by atoms with van der Waals surface area (Å²) in [5, 5.41) is 3.30. The van der Waals surface area contributed by atoms with E-state index in [2.05, 4.69) is 16.4 Å². The molecule has 17 heavy (non-hydrogen) atoms. The lowest BCUT2D eigenvalue weighted by atomic mass is 10.3. The number of nitrogens with one attached hydrogen (secondary N) is 1. The van der Waals surface area contributed by atoms with Gasteiger partial charge >= 0.3 is 0 Å². The number of ether oxygens (including phenoxy) is 2. The van der Waals surface area contributed by atoms with Crippen molar-refractivity contribution in [2.45, 2.75) is 26.5 Å². The Hall–Kier alpha value is -0.970. The molecule has 0 atom stereocenters. The standard InChI is InChI=1S/C13H22N2O2/c1-12(2)17-9-8-16-7-6-15-11-13-4-3-5-14-10-13/h3-5,10,12,15H,6-9,11H2,1-2H3. The quantitative estimate of drug-likeness (QED) is 0.664. The minimum atomic E-state index is 0.280. The van der Waals surface area contributed by atoms with E-state index in [1.165, 1.54) is 5.56 Å². The van der Waals surface area contributed by atoms with Crippen molar-refractivity contribution in [2.75, 3.05) is 26.4 Å². The smallest absolute Gasteiger partial charge is 0.0703 e. The van der Waals surface area contributed by atoms with Crippen molar-refractivity contribution >= 4 is 0 Å². The van der Waals surface area contributed by atoms with Crippen molar-refractivity contribution in [3.63, 3.8) is 0 Å². The molecule has 0 unspecified atom stereocenters. The minimum absolute atomic E-state index is 0.280. The van der Waals surface area contributed by atoms with E-state index < -0.39 is 0 Å². The van der Waals surface area contributed by atoms with E-state index in [0.717, 1.165) is 13.1 Å². The van der Waals surface area contributed by atoms with Gasteiger partial charge in [-0.1, -0.05) is 6.07 Å². The van der Waals surface area contributed by atoms with Gasteiger partial charge in [-0.15, -0.1) is 0 Å². The highest BCUT2D eigenvalue weighted by atomic mass is 16.5. The molecule has 0 aromatic carbocycles. The first-order valence-corrected chi connectivity index (χ1v) is 6.08. The zero-order valence-corrected chi connectivity index (χ0v) is 10.7. The second kappa shape index (κ2) is 9.10. The molecule has 4 heteroatoms. The highest BCUT2D eigenvalue weighted by Crippen LogP contribution is 1.93. The molecule has 0 radical (unpaired) electrons. The Balaban J connectivity index is 1.88. The highest BCUT2D eigenvalue weighted by molar-refractivity contribution is 5.07. The van der Waals surface area contributed by atoms with E-state index in [0.29, 0.717) is 19.8 Å². The lowest BCUT2D eigenvalue weighted by Crippen LogP contribution is -2.20. The van der Waals surface area contributed by atoms with Crippen LogP contribution in [0.2, 0.25) is 0 Å². The molecule has 1 rings (SSSR count). The second-order valence-electron chi connectivity index (χ2n) is 4.07. The van der Waals surface area contributed by atoms with Gasteiger partial charge < -0.3 is 14.8 Å². The second-order valence-corrected chi connectivity index (χ2v) is 4.07. The Bertz CT molecular complexity index is 278. The van der Waals surface area contributed by atoms with Gasteiger partial charge in [0.05, 0.1) is 25.9 Å². The van der Waals surface area contributed by atoms with E-state index in [9.17, 15) is 0 Å². The Morgan fingerprint density at radius 1 is 1.29 bits per heavy atom. The minimum Gasteiger partial charge on any atom is -0.378 e. The molecule has 4 nitrogen and oxygen atoms in total. The van der Waals surface area contributed by atoms with Crippen molar-refractivity contribution in [3.8, 4) is 0 Å². The fraction of sp³-hybridized carbons (Fsp3) is 0.615. The topological polar surface area (TPSA) is 43.4 Å². The van der Waals surface area contributed by atoms with Crippen LogP contribution in [-0.2, 0) is 16.0 Å². The van der Waals surface area contributed by atoms with Gasteiger partial charge in [-0.2, -0.15) is 0 Å². The van der Waals surface area contributed by atoms with E-state index in [1.807, 2.05) is 26.1 Å². The summed E-state index contributed by atoms with van der Waals surface area (Å²) in [6.07, 6.45) is 3.92. The van der Waals surface area contributed by atoms with Crippen LogP contribution < -0.4 is 5.32 Å². The van der Waals surface area contributed by atoms with Crippen molar-refractivity contribution < 1.29 is 9.47 Å². The van der Waals surface area contributed by atoms with Crippen molar-refractivity contribution in [1.29, 1.82) is 0 Å². The van der Waals surface area contributed by atoms with Gasteiger partial charge in [0.25, 0.3) is 0 Å². The first-order chi connectivity index (χ1) is 8.29. The first-order valence-electron chi connectivity index (χ1n) is 6.08. The van der Waals surface area contributed by atoms with Gasteiger partial charge in [-0.05, 0) is 25.5 Å². The molecule has 0 aliphatic rings. The highest BCUT2D eigenvalue weighted by Gasteiger charge is 1.94. The molecule has 0 fully saturated rings. The number of hydrogen-bond acceptors (Lipinski definition) is 4. The zero-order chi connectivity index (χ0) is 12.3. The van der Waals surface area contributed by atoms with Crippen molar-refractivity contribution in [1.82, 2.24) is 10.3 Å². The van der Waals surface area contributed by atoms with Gasteiger partial charge in [0.1, 0.15) is 0 Å². The van der Waals surface area contributed by atoms with Crippen molar-refractivity contribution in [3.05, 3.63) is 30.1 Å². The van der Waals surface area contributed by atoms with Crippen LogP contribution in [0.3, 0.4) is 0 Å². The molecule has 0 saturated heterocycles. The molecule has 0 amide bonds. The lowest BCUT2D eigenvalue weighted by Gasteiger charge is -2.08. The van der Waals surface area contributed by atoms with E-state index in [4.69, 9.17) is 9.47 Å². The molecule has 0 aliphatic carbocycles. The molecular weight excluding hydrogens is 216 g/mol. The van der Waals surface area contributed by atoms with Crippen molar-refractivity contribution in [2.24, 2.45) is 0 Å². The average molecular weight is 238 g/mol. The summed E-state index contributed by atoms with van der Waals surface area (Å²) in [7, 11) is 0. The van der Waals surface area contributed by atoms with Crippen LogP contribution in [0.15, 0.2) is 24.5 Å². The maximum Gasteiger partial charge on any atom is 0.0703 e. The van der Waals surface area contributed by atoms with Gasteiger partial charge in [0, 0.05) is 25.5 Å². The van der Waals surface area contributed by atoms with Gasteiger partial charge in [-0.3, -0.25) is 4.98 Å². The van der Waals surface area contributed by atoms with Gasteiger partial charge in [-0.25, -0.2) is 0 Å². The number of aromatic nitrogens is 1. The molecule has 1 N–H and O–H groups in total. The fourth-order valence-electron chi connectivity index (χ4n) is 1.32. The van der Waals surface area contributed by atoms with Crippen LogP contribution in [-0.4, -0.2) is 37.5 Å². The summed E-state index contributed by atoms with van der Waals surface area (Å²) >= 11 is 0. The Labute approximate surface area is 103 Å². The summed E-state index contributed by atoms with van der Waals surface area (Å²) in [6, 6.07) is 3.99. The van der Waals surface area contributed by atoms with E-state index in [-0.39, 0.29) is 6.10 Å². The normalized spacial score (nSPS) is 11.0.